The zero-order valence-electron chi connectivity index (χ0n) is 20.6. The number of unbranched alkanes of at least 4 members (excludes halogenated alkanes) is 1. The standard InChI is InChI=1S/C30H26N2O5/c1-3-4-15-34-24-11-7-6-10-21(24)27-22-14-13-19(16-26(22)37-29(32)23(27)17-31)35-30(33)28-18(2)20-9-5-8-12-25(20)36-28/h5-14,16,27H,3-4,15,32H2,1-2H3. The fourth-order valence-corrected chi connectivity index (χ4v) is 4.52. The summed E-state index contributed by atoms with van der Waals surface area (Å²) in [4.78, 5) is 12.9. The molecular weight excluding hydrogens is 468 g/mol. The molecule has 0 amide bonds. The van der Waals surface area contributed by atoms with Gasteiger partial charge in [0.15, 0.2) is 0 Å². The molecule has 4 aromatic rings. The van der Waals surface area contributed by atoms with E-state index in [4.69, 9.17) is 24.4 Å². The van der Waals surface area contributed by atoms with Gasteiger partial charge in [-0.05, 0) is 31.5 Å². The highest BCUT2D eigenvalue weighted by atomic mass is 16.5. The van der Waals surface area contributed by atoms with E-state index in [0.717, 1.165) is 29.4 Å². The molecule has 1 aliphatic heterocycles. The van der Waals surface area contributed by atoms with Crippen molar-refractivity contribution in [1.82, 2.24) is 0 Å². The van der Waals surface area contributed by atoms with Crippen LogP contribution in [-0.2, 0) is 0 Å². The number of allylic oxidation sites excluding steroid dienone is 1. The van der Waals surface area contributed by atoms with Gasteiger partial charge in [0, 0.05) is 28.1 Å². The highest BCUT2D eigenvalue weighted by Gasteiger charge is 2.33. The van der Waals surface area contributed by atoms with Crippen molar-refractivity contribution < 1.29 is 23.4 Å². The van der Waals surface area contributed by atoms with Gasteiger partial charge in [0.25, 0.3) is 0 Å². The Morgan fingerprint density at radius 1 is 1.08 bits per heavy atom. The van der Waals surface area contributed by atoms with Crippen molar-refractivity contribution in [1.29, 1.82) is 5.26 Å². The smallest absolute Gasteiger partial charge is 0.379 e. The Kier molecular flexibility index (Phi) is 6.57. The van der Waals surface area contributed by atoms with Crippen molar-refractivity contribution in [3.63, 3.8) is 0 Å². The summed E-state index contributed by atoms with van der Waals surface area (Å²) in [5.41, 5.74) is 9.33. The third kappa shape index (κ3) is 4.50. The Balaban J connectivity index is 1.48. The maximum absolute atomic E-state index is 12.9. The Bertz CT molecular complexity index is 1560. The van der Waals surface area contributed by atoms with Crippen molar-refractivity contribution >= 4 is 16.9 Å². The number of rotatable bonds is 7. The molecule has 2 heterocycles. The number of hydrogen-bond donors (Lipinski definition) is 1. The fraction of sp³-hybridized carbons (Fsp3) is 0.200. The molecule has 2 N–H and O–H groups in total. The fourth-order valence-electron chi connectivity index (χ4n) is 4.52. The summed E-state index contributed by atoms with van der Waals surface area (Å²) in [5.74, 6) is 0.387. The van der Waals surface area contributed by atoms with E-state index in [1.807, 2.05) is 49.4 Å². The van der Waals surface area contributed by atoms with Gasteiger partial charge in [-0.3, -0.25) is 0 Å². The zero-order valence-corrected chi connectivity index (χ0v) is 20.6. The van der Waals surface area contributed by atoms with Gasteiger partial charge in [-0.1, -0.05) is 55.8 Å². The van der Waals surface area contributed by atoms with Crippen molar-refractivity contribution in [2.24, 2.45) is 5.73 Å². The van der Waals surface area contributed by atoms with Gasteiger partial charge in [-0.15, -0.1) is 0 Å². The van der Waals surface area contributed by atoms with E-state index in [1.165, 1.54) is 0 Å². The average molecular weight is 495 g/mol. The number of nitrogens with two attached hydrogens (primary N) is 1. The van der Waals surface area contributed by atoms with Crippen LogP contribution in [0, 0.1) is 18.3 Å². The lowest BCUT2D eigenvalue weighted by Gasteiger charge is -2.28. The van der Waals surface area contributed by atoms with Crippen LogP contribution >= 0.6 is 0 Å². The van der Waals surface area contributed by atoms with Gasteiger partial charge in [-0.25, -0.2) is 4.79 Å². The largest absolute Gasteiger partial charge is 0.493 e. The third-order valence-corrected chi connectivity index (χ3v) is 6.42. The number of benzene rings is 3. The van der Waals surface area contributed by atoms with Crippen LogP contribution in [0.5, 0.6) is 17.2 Å². The molecule has 3 aromatic carbocycles. The Morgan fingerprint density at radius 2 is 1.86 bits per heavy atom. The molecule has 7 nitrogen and oxygen atoms in total. The maximum atomic E-state index is 12.9. The van der Waals surface area contributed by atoms with Crippen molar-refractivity contribution in [2.75, 3.05) is 6.61 Å². The van der Waals surface area contributed by atoms with Crippen LogP contribution in [0.2, 0.25) is 0 Å². The molecule has 5 rings (SSSR count). The van der Waals surface area contributed by atoms with E-state index in [9.17, 15) is 10.1 Å². The quantitative estimate of drug-likeness (QED) is 0.181. The number of esters is 1. The lowest BCUT2D eigenvalue weighted by atomic mass is 9.83. The first-order valence-electron chi connectivity index (χ1n) is 12.1. The van der Waals surface area contributed by atoms with Crippen LogP contribution in [0.3, 0.4) is 0 Å². The number of nitrogens with zero attached hydrogens (tertiary/aromatic N) is 1. The van der Waals surface area contributed by atoms with Gasteiger partial charge < -0.3 is 24.4 Å². The zero-order chi connectivity index (χ0) is 25.9. The molecule has 1 atom stereocenters. The minimum atomic E-state index is -0.614. The molecule has 0 bridgehead atoms. The van der Waals surface area contributed by atoms with Gasteiger partial charge >= 0.3 is 5.97 Å². The van der Waals surface area contributed by atoms with Crippen LogP contribution in [0.25, 0.3) is 11.0 Å². The maximum Gasteiger partial charge on any atom is 0.379 e. The summed E-state index contributed by atoms with van der Waals surface area (Å²) >= 11 is 0. The predicted octanol–water partition coefficient (Wildman–Crippen LogP) is 6.36. The first-order chi connectivity index (χ1) is 18.0. The van der Waals surface area contributed by atoms with Crippen LogP contribution in [0.4, 0.5) is 0 Å². The summed E-state index contributed by atoms with van der Waals surface area (Å²) < 4.78 is 23.2. The minimum absolute atomic E-state index is 0.0000311. The second-order valence-corrected chi connectivity index (χ2v) is 8.81. The molecule has 1 unspecified atom stereocenters. The molecule has 0 aliphatic carbocycles. The van der Waals surface area contributed by atoms with E-state index in [-0.39, 0.29) is 17.4 Å². The van der Waals surface area contributed by atoms with E-state index in [2.05, 4.69) is 13.0 Å². The molecule has 1 aromatic heterocycles. The molecule has 0 saturated carbocycles. The van der Waals surface area contributed by atoms with Crippen LogP contribution in [0.15, 0.2) is 82.6 Å². The minimum Gasteiger partial charge on any atom is -0.493 e. The number of para-hydroxylation sites is 2. The van der Waals surface area contributed by atoms with Crippen molar-refractivity contribution in [3.05, 3.63) is 101 Å². The molecule has 0 radical (unpaired) electrons. The Labute approximate surface area is 214 Å². The van der Waals surface area contributed by atoms with Gasteiger partial charge in [0.05, 0.1) is 12.5 Å². The lowest BCUT2D eigenvalue weighted by Crippen LogP contribution is -2.21. The first kappa shape index (κ1) is 24.0. The molecule has 0 fully saturated rings. The normalized spacial score (nSPS) is 14.6. The summed E-state index contributed by atoms with van der Waals surface area (Å²) in [5, 5.41) is 10.8. The molecular formula is C30H26N2O5. The number of fused-ring (bicyclic) bond motifs is 2. The van der Waals surface area contributed by atoms with Gasteiger partial charge in [-0.2, -0.15) is 5.26 Å². The second-order valence-electron chi connectivity index (χ2n) is 8.81. The van der Waals surface area contributed by atoms with Gasteiger partial charge in [0.2, 0.25) is 11.6 Å². The summed E-state index contributed by atoms with van der Waals surface area (Å²) in [6.07, 6.45) is 1.93. The Morgan fingerprint density at radius 3 is 2.65 bits per heavy atom. The average Bonchev–Trinajstić information content (AvgIpc) is 3.25. The first-order valence-corrected chi connectivity index (χ1v) is 12.1. The van der Waals surface area contributed by atoms with Crippen LogP contribution < -0.4 is 19.9 Å². The monoisotopic (exact) mass is 494 g/mol. The topological polar surface area (TPSA) is 108 Å². The number of carbonyl (C=O) groups excluding carboxylic acids is 1. The summed E-state index contributed by atoms with van der Waals surface area (Å²) in [6.45, 7) is 4.49. The van der Waals surface area contributed by atoms with Crippen LogP contribution in [0.1, 0.15) is 52.9 Å². The highest BCUT2D eigenvalue weighted by molar-refractivity contribution is 5.96. The molecule has 0 saturated heterocycles. The Hall–Kier alpha value is -4.70. The second kappa shape index (κ2) is 10.1. The van der Waals surface area contributed by atoms with Crippen LogP contribution in [-0.4, -0.2) is 12.6 Å². The summed E-state index contributed by atoms with van der Waals surface area (Å²) in [6, 6.07) is 22.3. The van der Waals surface area contributed by atoms with Gasteiger partial charge in [0.1, 0.15) is 34.5 Å². The number of furan rings is 1. The number of carbonyl (C=O) groups is 1. The predicted molar refractivity (Wildman–Crippen MR) is 138 cm³/mol. The molecule has 186 valence electrons. The van der Waals surface area contributed by atoms with E-state index in [0.29, 0.717) is 34.8 Å². The number of aryl methyl sites for hydroxylation is 1. The van der Waals surface area contributed by atoms with Crippen molar-refractivity contribution in [3.8, 4) is 23.3 Å². The van der Waals surface area contributed by atoms with E-state index in [1.54, 1.807) is 24.3 Å². The highest BCUT2D eigenvalue weighted by Crippen LogP contribution is 2.46. The number of ether oxygens (including phenoxy) is 3. The SMILES string of the molecule is CCCCOc1ccccc1C1C(C#N)=C(N)Oc2cc(OC(=O)c3oc4ccccc4c3C)ccc21. The number of hydrogen-bond acceptors (Lipinski definition) is 7. The molecule has 37 heavy (non-hydrogen) atoms. The number of nitriles is 1. The van der Waals surface area contributed by atoms with E-state index < -0.39 is 11.9 Å². The molecule has 7 heteroatoms. The molecule has 1 aliphatic rings. The summed E-state index contributed by atoms with van der Waals surface area (Å²) in [7, 11) is 0. The lowest BCUT2D eigenvalue weighted by molar-refractivity contribution is 0.0702. The third-order valence-electron chi connectivity index (χ3n) is 6.42. The van der Waals surface area contributed by atoms with E-state index >= 15 is 0 Å². The van der Waals surface area contributed by atoms with Crippen molar-refractivity contribution in [2.45, 2.75) is 32.6 Å². The molecule has 0 spiro atoms.